The summed E-state index contributed by atoms with van der Waals surface area (Å²) >= 11 is 7.31. The first kappa shape index (κ1) is 14.1. The molecule has 0 aliphatic heterocycles. The molecule has 0 saturated heterocycles. The standard InChI is InChI=1S/C13H14ClNO3S/c1-17-13(16)7-10(11-3-2-6-19-11)15-8-9-4-5-12(14)18-9/h2-6,10,15H,7-8H2,1H3. The van der Waals surface area contributed by atoms with Gasteiger partial charge in [-0.3, -0.25) is 4.79 Å². The Labute approximate surface area is 120 Å². The van der Waals surface area contributed by atoms with Crippen LogP contribution in [0.5, 0.6) is 0 Å². The first-order valence-corrected chi connectivity index (χ1v) is 7.02. The van der Waals surface area contributed by atoms with E-state index in [0.717, 1.165) is 10.6 Å². The van der Waals surface area contributed by atoms with Gasteiger partial charge in [0.1, 0.15) is 5.76 Å². The number of esters is 1. The molecule has 2 aromatic rings. The fraction of sp³-hybridized carbons (Fsp3) is 0.308. The monoisotopic (exact) mass is 299 g/mol. The highest BCUT2D eigenvalue weighted by atomic mass is 35.5. The van der Waals surface area contributed by atoms with Crippen molar-refractivity contribution < 1.29 is 13.9 Å². The molecule has 0 fully saturated rings. The third-order valence-corrected chi connectivity index (χ3v) is 3.83. The van der Waals surface area contributed by atoms with E-state index >= 15 is 0 Å². The Bertz CT molecular complexity index is 524. The summed E-state index contributed by atoms with van der Waals surface area (Å²) in [5, 5.41) is 5.61. The van der Waals surface area contributed by atoms with Crippen molar-refractivity contribution in [2.24, 2.45) is 0 Å². The molecule has 0 bridgehead atoms. The second-order valence-electron chi connectivity index (χ2n) is 3.93. The fourth-order valence-corrected chi connectivity index (χ4v) is 2.65. The van der Waals surface area contributed by atoms with Crippen molar-refractivity contribution in [2.75, 3.05) is 7.11 Å². The highest BCUT2D eigenvalue weighted by Gasteiger charge is 2.17. The molecule has 2 rings (SSSR count). The number of rotatable bonds is 6. The summed E-state index contributed by atoms with van der Waals surface area (Å²) in [5.41, 5.74) is 0. The number of methoxy groups -OCH3 is 1. The number of ether oxygens (including phenoxy) is 1. The van der Waals surface area contributed by atoms with Crippen LogP contribution in [0.3, 0.4) is 0 Å². The molecule has 0 aliphatic rings. The molecule has 2 heterocycles. The van der Waals surface area contributed by atoms with Gasteiger partial charge in [-0.15, -0.1) is 11.3 Å². The maximum atomic E-state index is 11.4. The molecule has 0 saturated carbocycles. The van der Waals surface area contributed by atoms with Gasteiger partial charge < -0.3 is 14.5 Å². The Morgan fingerprint density at radius 1 is 1.53 bits per heavy atom. The predicted molar refractivity (Wildman–Crippen MR) is 74.3 cm³/mol. The summed E-state index contributed by atoms with van der Waals surface area (Å²) in [6.45, 7) is 0.506. The number of halogens is 1. The van der Waals surface area contributed by atoms with Crippen LogP contribution in [-0.2, 0) is 16.1 Å². The molecule has 1 N–H and O–H groups in total. The van der Waals surface area contributed by atoms with Crippen LogP contribution in [0.4, 0.5) is 0 Å². The van der Waals surface area contributed by atoms with Crippen LogP contribution in [0.25, 0.3) is 0 Å². The largest absolute Gasteiger partial charge is 0.469 e. The number of carbonyl (C=O) groups excluding carboxylic acids is 1. The van der Waals surface area contributed by atoms with E-state index in [0.29, 0.717) is 11.8 Å². The van der Waals surface area contributed by atoms with Gasteiger partial charge in [0, 0.05) is 4.88 Å². The number of thiophene rings is 1. The molecular weight excluding hydrogens is 286 g/mol. The van der Waals surface area contributed by atoms with E-state index in [1.165, 1.54) is 7.11 Å². The minimum absolute atomic E-state index is 0.0867. The van der Waals surface area contributed by atoms with Crippen LogP contribution < -0.4 is 5.32 Å². The third-order valence-electron chi connectivity index (χ3n) is 2.64. The molecule has 0 aliphatic carbocycles. The van der Waals surface area contributed by atoms with E-state index < -0.39 is 0 Å². The maximum absolute atomic E-state index is 11.4. The van der Waals surface area contributed by atoms with Crippen LogP contribution in [0.1, 0.15) is 23.1 Å². The molecule has 0 amide bonds. The summed E-state index contributed by atoms with van der Waals surface area (Å²) in [6, 6.07) is 7.35. The van der Waals surface area contributed by atoms with Gasteiger partial charge in [0.05, 0.1) is 26.1 Å². The van der Waals surface area contributed by atoms with E-state index in [2.05, 4.69) is 5.32 Å². The normalized spacial score (nSPS) is 12.3. The molecule has 4 nitrogen and oxygen atoms in total. The maximum Gasteiger partial charge on any atom is 0.307 e. The van der Waals surface area contributed by atoms with E-state index in [4.69, 9.17) is 20.8 Å². The molecule has 1 unspecified atom stereocenters. The Balaban J connectivity index is 1.99. The van der Waals surface area contributed by atoms with Gasteiger partial charge in [-0.2, -0.15) is 0 Å². The number of hydrogen-bond donors (Lipinski definition) is 1. The van der Waals surface area contributed by atoms with Crippen molar-refractivity contribution in [1.82, 2.24) is 5.32 Å². The van der Waals surface area contributed by atoms with Crippen molar-refractivity contribution in [3.63, 3.8) is 0 Å². The van der Waals surface area contributed by atoms with Gasteiger partial charge in [0.25, 0.3) is 0 Å². The van der Waals surface area contributed by atoms with E-state index in [1.54, 1.807) is 23.5 Å². The van der Waals surface area contributed by atoms with Crippen LogP contribution in [0.15, 0.2) is 34.1 Å². The van der Waals surface area contributed by atoms with Crippen molar-refractivity contribution in [3.8, 4) is 0 Å². The molecule has 19 heavy (non-hydrogen) atoms. The number of furan rings is 1. The van der Waals surface area contributed by atoms with Gasteiger partial charge in [-0.05, 0) is 35.2 Å². The lowest BCUT2D eigenvalue weighted by Crippen LogP contribution is -2.23. The number of nitrogens with one attached hydrogen (secondary N) is 1. The molecule has 6 heteroatoms. The minimum Gasteiger partial charge on any atom is -0.469 e. The first-order valence-electron chi connectivity index (χ1n) is 5.77. The first-order chi connectivity index (χ1) is 9.19. The van der Waals surface area contributed by atoms with Crippen LogP contribution >= 0.6 is 22.9 Å². The molecular formula is C13H14ClNO3S. The zero-order chi connectivity index (χ0) is 13.7. The average Bonchev–Trinajstić information content (AvgIpc) is 3.05. The van der Waals surface area contributed by atoms with Gasteiger partial charge in [-0.25, -0.2) is 0 Å². The molecule has 102 valence electrons. The Morgan fingerprint density at radius 3 is 2.95 bits per heavy atom. The van der Waals surface area contributed by atoms with E-state index in [-0.39, 0.29) is 18.4 Å². The van der Waals surface area contributed by atoms with E-state index in [1.807, 2.05) is 17.5 Å². The van der Waals surface area contributed by atoms with Gasteiger partial charge in [0.2, 0.25) is 0 Å². The smallest absolute Gasteiger partial charge is 0.307 e. The second kappa shape index (κ2) is 6.75. The average molecular weight is 300 g/mol. The lowest BCUT2D eigenvalue weighted by molar-refractivity contribution is -0.141. The second-order valence-corrected chi connectivity index (χ2v) is 5.29. The van der Waals surface area contributed by atoms with Crippen molar-refractivity contribution in [3.05, 3.63) is 45.5 Å². The van der Waals surface area contributed by atoms with Crippen LogP contribution in [0.2, 0.25) is 5.22 Å². The fourth-order valence-electron chi connectivity index (χ4n) is 1.68. The number of hydrogen-bond acceptors (Lipinski definition) is 5. The zero-order valence-electron chi connectivity index (χ0n) is 10.4. The lowest BCUT2D eigenvalue weighted by Gasteiger charge is -2.15. The topological polar surface area (TPSA) is 51.5 Å². The summed E-state index contributed by atoms with van der Waals surface area (Å²) in [6.07, 6.45) is 0.283. The van der Waals surface area contributed by atoms with Crippen LogP contribution in [0, 0.1) is 0 Å². The lowest BCUT2D eigenvalue weighted by atomic mass is 10.1. The predicted octanol–water partition coefficient (Wildman–Crippen LogP) is 3.39. The molecule has 0 aromatic carbocycles. The summed E-state index contributed by atoms with van der Waals surface area (Å²) in [5.74, 6) is 0.486. The Kier molecular flexibility index (Phi) is 5.01. The number of carbonyl (C=O) groups is 1. The Morgan fingerprint density at radius 2 is 2.37 bits per heavy atom. The van der Waals surface area contributed by atoms with Crippen molar-refractivity contribution in [1.29, 1.82) is 0 Å². The van der Waals surface area contributed by atoms with Gasteiger partial charge >= 0.3 is 5.97 Å². The summed E-state index contributed by atoms with van der Waals surface area (Å²) in [7, 11) is 1.39. The highest BCUT2D eigenvalue weighted by molar-refractivity contribution is 7.10. The SMILES string of the molecule is COC(=O)CC(NCc1ccc(Cl)o1)c1cccs1. The third kappa shape index (κ3) is 4.09. The highest BCUT2D eigenvalue weighted by Crippen LogP contribution is 2.23. The van der Waals surface area contributed by atoms with E-state index in [9.17, 15) is 4.79 Å². The quantitative estimate of drug-likeness (QED) is 0.831. The molecule has 2 aromatic heterocycles. The molecule has 1 atom stereocenters. The summed E-state index contributed by atoms with van der Waals surface area (Å²) in [4.78, 5) is 12.5. The zero-order valence-corrected chi connectivity index (χ0v) is 12.0. The van der Waals surface area contributed by atoms with Crippen LogP contribution in [-0.4, -0.2) is 13.1 Å². The van der Waals surface area contributed by atoms with Gasteiger partial charge in [0.15, 0.2) is 5.22 Å². The van der Waals surface area contributed by atoms with Crippen molar-refractivity contribution >= 4 is 28.9 Å². The molecule has 0 radical (unpaired) electrons. The molecule has 0 spiro atoms. The van der Waals surface area contributed by atoms with Gasteiger partial charge in [-0.1, -0.05) is 6.07 Å². The minimum atomic E-state index is -0.247. The van der Waals surface area contributed by atoms with Crippen molar-refractivity contribution in [2.45, 2.75) is 19.0 Å². The summed E-state index contributed by atoms with van der Waals surface area (Å²) < 4.78 is 9.99. The Hall–Kier alpha value is -1.30.